The highest BCUT2D eigenvalue weighted by molar-refractivity contribution is 6.08. The van der Waals surface area contributed by atoms with Gasteiger partial charge in [-0.3, -0.25) is 9.59 Å². The van der Waals surface area contributed by atoms with Gasteiger partial charge in [0.2, 0.25) is 11.8 Å². The van der Waals surface area contributed by atoms with Crippen molar-refractivity contribution in [2.24, 2.45) is 11.3 Å². The number of ether oxygens (including phenoxy) is 1. The van der Waals surface area contributed by atoms with Crippen molar-refractivity contribution in [1.82, 2.24) is 4.90 Å². The number of methoxy groups -OCH3 is 1. The van der Waals surface area contributed by atoms with Crippen molar-refractivity contribution < 1.29 is 40.7 Å². The molecule has 1 aliphatic heterocycles. The number of benzene rings is 2. The first-order valence-electron chi connectivity index (χ1n) is 12.2. The number of hydrogen-bond donors (Lipinski definition) is 1. The summed E-state index contributed by atoms with van der Waals surface area (Å²) in [5.74, 6) is -2.16. The van der Waals surface area contributed by atoms with Gasteiger partial charge in [0.15, 0.2) is 0 Å². The first kappa shape index (κ1) is 30.4. The molecule has 1 saturated heterocycles. The summed E-state index contributed by atoms with van der Waals surface area (Å²) < 4.78 is 85.6. The molecule has 0 spiro atoms. The molecule has 1 N–H and O–H groups in total. The topological polar surface area (TPSA) is 61.9 Å². The van der Waals surface area contributed by atoms with E-state index < -0.39 is 46.4 Å². The Kier molecular flexibility index (Phi) is 8.71. The van der Waals surface area contributed by atoms with Crippen molar-refractivity contribution >= 4 is 23.2 Å². The Balaban J connectivity index is 2.08. The fourth-order valence-electron chi connectivity index (χ4n) is 5.01. The SMILES string of the molecule is COCCN(C)C[C@@]1(C(=O)Nc2cc(C(F)(F)F)cc(C(F)(F)F)c2)CN(c2c(C)cccc2C)C(=O)[C@H]1C. The average Bonchev–Trinajstić information content (AvgIpc) is 3.07. The summed E-state index contributed by atoms with van der Waals surface area (Å²) >= 11 is 0. The molecule has 2 aromatic carbocycles. The number of alkyl halides is 6. The second kappa shape index (κ2) is 11.2. The van der Waals surface area contributed by atoms with Gasteiger partial charge in [0.25, 0.3) is 0 Å². The number of para-hydroxylation sites is 1. The maximum atomic E-state index is 13.9. The molecule has 2 amide bonds. The molecule has 2 aromatic rings. The number of halogens is 6. The number of aryl methyl sites for hydroxylation is 2. The highest BCUT2D eigenvalue weighted by Crippen LogP contribution is 2.44. The molecular formula is C27H31F6N3O3. The van der Waals surface area contributed by atoms with Gasteiger partial charge in [-0.15, -0.1) is 0 Å². The highest BCUT2D eigenvalue weighted by atomic mass is 19.4. The number of nitrogens with one attached hydrogen (secondary N) is 1. The summed E-state index contributed by atoms with van der Waals surface area (Å²) in [6.07, 6.45) is -10.1. The molecule has 12 heteroatoms. The number of rotatable bonds is 8. The van der Waals surface area contributed by atoms with Crippen LogP contribution in [0.15, 0.2) is 36.4 Å². The fraction of sp³-hybridized carbons (Fsp3) is 0.481. The Bertz CT molecular complexity index is 1180. The molecule has 3 rings (SSSR count). The van der Waals surface area contributed by atoms with Gasteiger partial charge in [0.1, 0.15) is 0 Å². The lowest BCUT2D eigenvalue weighted by Gasteiger charge is -2.35. The summed E-state index contributed by atoms with van der Waals surface area (Å²) in [6, 6.07) is 6.36. The summed E-state index contributed by atoms with van der Waals surface area (Å²) in [4.78, 5) is 30.6. The van der Waals surface area contributed by atoms with E-state index in [2.05, 4.69) is 5.32 Å². The van der Waals surface area contributed by atoms with E-state index in [9.17, 15) is 35.9 Å². The van der Waals surface area contributed by atoms with Crippen molar-refractivity contribution in [2.75, 3.05) is 50.6 Å². The Labute approximate surface area is 222 Å². The minimum atomic E-state index is -5.07. The van der Waals surface area contributed by atoms with E-state index in [1.54, 1.807) is 18.9 Å². The van der Waals surface area contributed by atoms with Crippen LogP contribution in [0.5, 0.6) is 0 Å². The van der Waals surface area contributed by atoms with Crippen LogP contribution in [0, 0.1) is 25.2 Å². The third kappa shape index (κ3) is 6.38. The number of anilines is 2. The Morgan fingerprint density at radius 1 is 1.08 bits per heavy atom. The largest absolute Gasteiger partial charge is 0.416 e. The Morgan fingerprint density at radius 3 is 2.10 bits per heavy atom. The zero-order valence-electron chi connectivity index (χ0n) is 22.3. The summed E-state index contributed by atoms with van der Waals surface area (Å²) in [5.41, 5.74) is -3.08. The van der Waals surface area contributed by atoms with E-state index >= 15 is 0 Å². The highest BCUT2D eigenvalue weighted by Gasteiger charge is 2.56. The van der Waals surface area contributed by atoms with Gasteiger partial charge in [0, 0.05) is 38.1 Å². The molecule has 0 radical (unpaired) electrons. The molecule has 1 fully saturated rings. The predicted molar refractivity (Wildman–Crippen MR) is 134 cm³/mol. The van der Waals surface area contributed by atoms with Crippen LogP contribution < -0.4 is 10.2 Å². The number of carbonyl (C=O) groups is 2. The van der Waals surface area contributed by atoms with Crippen LogP contribution in [0.25, 0.3) is 0 Å². The quantitative estimate of drug-likeness (QED) is 0.433. The minimum absolute atomic E-state index is 0.00161. The van der Waals surface area contributed by atoms with Crippen molar-refractivity contribution in [3.05, 3.63) is 58.7 Å². The first-order valence-corrected chi connectivity index (χ1v) is 12.2. The van der Waals surface area contributed by atoms with E-state index in [4.69, 9.17) is 4.74 Å². The van der Waals surface area contributed by atoms with E-state index in [0.717, 1.165) is 11.1 Å². The first-order chi connectivity index (χ1) is 18.0. The number of carbonyl (C=O) groups excluding carboxylic acids is 2. The smallest absolute Gasteiger partial charge is 0.383 e. The maximum Gasteiger partial charge on any atom is 0.416 e. The lowest BCUT2D eigenvalue weighted by atomic mass is 9.77. The lowest BCUT2D eigenvalue weighted by molar-refractivity contribution is -0.143. The van der Waals surface area contributed by atoms with Gasteiger partial charge in [-0.05, 0) is 50.2 Å². The number of hydrogen-bond acceptors (Lipinski definition) is 4. The normalized spacial score (nSPS) is 20.2. The number of nitrogens with zero attached hydrogens (tertiary/aromatic N) is 2. The van der Waals surface area contributed by atoms with E-state index in [-0.39, 0.29) is 25.1 Å². The van der Waals surface area contributed by atoms with Crippen LogP contribution in [-0.4, -0.2) is 57.1 Å². The summed E-state index contributed by atoms with van der Waals surface area (Å²) in [6.45, 7) is 5.73. The van der Waals surface area contributed by atoms with Crippen LogP contribution in [-0.2, 0) is 26.7 Å². The Hall–Kier alpha value is -3.12. The van der Waals surface area contributed by atoms with Crippen molar-refractivity contribution in [2.45, 2.75) is 33.1 Å². The molecule has 1 aliphatic rings. The number of amides is 2. The van der Waals surface area contributed by atoms with Crippen LogP contribution in [0.2, 0.25) is 0 Å². The van der Waals surface area contributed by atoms with Crippen molar-refractivity contribution in [3.63, 3.8) is 0 Å². The van der Waals surface area contributed by atoms with Gasteiger partial charge >= 0.3 is 12.4 Å². The molecule has 1 heterocycles. The van der Waals surface area contributed by atoms with Crippen molar-refractivity contribution in [1.29, 1.82) is 0 Å². The van der Waals surface area contributed by atoms with Gasteiger partial charge < -0.3 is 19.9 Å². The monoisotopic (exact) mass is 559 g/mol. The van der Waals surface area contributed by atoms with Crippen molar-refractivity contribution in [3.8, 4) is 0 Å². The fourth-order valence-corrected chi connectivity index (χ4v) is 5.01. The van der Waals surface area contributed by atoms with Crippen LogP contribution in [0.1, 0.15) is 29.2 Å². The lowest BCUT2D eigenvalue weighted by Crippen LogP contribution is -2.50. The molecule has 0 aromatic heterocycles. The second-order valence-corrected chi connectivity index (χ2v) is 10.0. The summed E-state index contributed by atoms with van der Waals surface area (Å²) in [7, 11) is 3.19. The van der Waals surface area contributed by atoms with Crippen LogP contribution in [0.3, 0.4) is 0 Å². The van der Waals surface area contributed by atoms with Crippen LogP contribution >= 0.6 is 0 Å². The van der Waals surface area contributed by atoms with Gasteiger partial charge in [-0.2, -0.15) is 26.3 Å². The van der Waals surface area contributed by atoms with Gasteiger partial charge in [-0.25, -0.2) is 0 Å². The Morgan fingerprint density at radius 2 is 1.62 bits per heavy atom. The molecule has 214 valence electrons. The molecule has 6 nitrogen and oxygen atoms in total. The second-order valence-electron chi connectivity index (χ2n) is 10.0. The minimum Gasteiger partial charge on any atom is -0.383 e. The zero-order valence-corrected chi connectivity index (χ0v) is 22.3. The molecule has 0 aliphatic carbocycles. The maximum absolute atomic E-state index is 13.9. The molecule has 0 bridgehead atoms. The molecule has 0 unspecified atom stereocenters. The zero-order chi connectivity index (χ0) is 29.3. The molecular weight excluding hydrogens is 528 g/mol. The third-order valence-corrected chi connectivity index (χ3v) is 7.14. The van der Waals surface area contributed by atoms with Crippen LogP contribution in [0.4, 0.5) is 37.7 Å². The number of likely N-dealkylation sites (N-methyl/N-ethyl adjacent to an activating group) is 1. The third-order valence-electron chi connectivity index (χ3n) is 7.14. The van der Waals surface area contributed by atoms with E-state index in [0.29, 0.717) is 31.0 Å². The van der Waals surface area contributed by atoms with Gasteiger partial charge in [-0.1, -0.05) is 25.1 Å². The summed E-state index contributed by atoms with van der Waals surface area (Å²) in [5, 5.41) is 2.29. The molecule has 0 saturated carbocycles. The standard InChI is InChI=1S/C27H31F6N3O3/c1-16-7-6-8-17(2)22(16)36-15-25(18(3)23(36)37,14-35(4)9-10-39-5)24(38)34-21-12-19(26(28,29)30)11-20(13-21)27(31,32)33/h6-8,11-13,18H,9-10,14-15H2,1-5H3,(H,34,38)/t18-,25-/m1/s1. The average molecular weight is 560 g/mol. The van der Waals surface area contributed by atoms with E-state index in [1.807, 2.05) is 32.0 Å². The predicted octanol–water partition coefficient (Wildman–Crippen LogP) is 5.53. The molecule has 2 atom stereocenters. The van der Waals surface area contributed by atoms with E-state index in [1.165, 1.54) is 12.0 Å². The molecule has 39 heavy (non-hydrogen) atoms. The van der Waals surface area contributed by atoms with Gasteiger partial charge in [0.05, 0.1) is 29.1 Å².